The predicted molar refractivity (Wildman–Crippen MR) is 123 cm³/mol. The molecule has 0 aromatic heterocycles. The highest BCUT2D eigenvalue weighted by Crippen LogP contribution is 2.34. The molecule has 1 saturated carbocycles. The number of aliphatic hydroxyl groups is 1. The molecule has 2 aromatic rings. The molecule has 0 unspecified atom stereocenters. The Balaban J connectivity index is 1.39. The highest BCUT2D eigenvalue weighted by atomic mass is 32.2. The van der Waals surface area contributed by atoms with Gasteiger partial charge in [0, 0.05) is 18.7 Å². The summed E-state index contributed by atoms with van der Waals surface area (Å²) in [5.74, 6) is -0.0298. The largest absolute Gasteiger partial charge is 0.506 e. The van der Waals surface area contributed by atoms with Crippen LogP contribution in [-0.2, 0) is 15.3 Å². The molecule has 0 amide bonds. The van der Waals surface area contributed by atoms with Crippen LogP contribution in [0.1, 0.15) is 37.2 Å². The van der Waals surface area contributed by atoms with Crippen molar-refractivity contribution in [3.63, 3.8) is 0 Å². The first kappa shape index (κ1) is 25.5. The molecule has 3 rings (SSSR count). The van der Waals surface area contributed by atoms with Crippen molar-refractivity contribution in [3.05, 3.63) is 48.0 Å². The Bertz CT molecular complexity index is 1090. The predicted octanol–water partition coefficient (Wildman–Crippen LogP) is 2.61. The van der Waals surface area contributed by atoms with Crippen molar-refractivity contribution in [1.29, 1.82) is 0 Å². The van der Waals surface area contributed by atoms with Gasteiger partial charge in [-0.15, -0.1) is 4.36 Å². The van der Waals surface area contributed by atoms with E-state index in [1.165, 1.54) is 23.8 Å². The molecule has 1 fully saturated rings. The summed E-state index contributed by atoms with van der Waals surface area (Å²) >= 11 is 0. The fourth-order valence-corrected chi connectivity index (χ4v) is 4.22. The van der Waals surface area contributed by atoms with E-state index < -0.39 is 22.6 Å². The number of ether oxygens (including phenoxy) is 2. The summed E-state index contributed by atoms with van der Waals surface area (Å²) in [6, 6.07) is 11.9. The first-order chi connectivity index (χ1) is 16.3. The number of aliphatic hydroxyl groups excluding tert-OH is 1. The van der Waals surface area contributed by atoms with Gasteiger partial charge in [-0.3, -0.25) is 0 Å². The van der Waals surface area contributed by atoms with Gasteiger partial charge in [0.1, 0.15) is 35.6 Å². The quantitative estimate of drug-likeness (QED) is 0.370. The van der Waals surface area contributed by atoms with Gasteiger partial charge in [0.05, 0.1) is 0 Å². The Morgan fingerprint density at radius 3 is 2.38 bits per heavy atom. The molecule has 1 aliphatic carbocycles. The lowest BCUT2D eigenvalue weighted by Gasteiger charge is -2.30. The van der Waals surface area contributed by atoms with Crippen LogP contribution in [0.2, 0.25) is 0 Å². The Labute approximate surface area is 198 Å². The molecule has 0 spiro atoms. The Kier molecular flexibility index (Phi) is 9.25. The van der Waals surface area contributed by atoms with E-state index in [-0.39, 0.29) is 30.7 Å². The van der Waals surface area contributed by atoms with E-state index in [4.69, 9.17) is 14.6 Å². The topological polar surface area (TPSA) is 155 Å². The Hall–Kier alpha value is -3.15. The van der Waals surface area contributed by atoms with Crippen LogP contribution < -0.4 is 14.8 Å². The zero-order valence-corrected chi connectivity index (χ0v) is 19.3. The number of benzene rings is 2. The van der Waals surface area contributed by atoms with Gasteiger partial charge in [0.25, 0.3) is 0 Å². The summed E-state index contributed by atoms with van der Waals surface area (Å²) in [5.41, 5.74) is 1.08. The van der Waals surface area contributed by atoms with Gasteiger partial charge in [0.15, 0.2) is 6.61 Å². The Morgan fingerprint density at radius 1 is 1.06 bits per heavy atom. The third-order valence-corrected chi connectivity index (χ3v) is 5.99. The molecule has 1 atom stereocenters. The number of aromatic hydroxyl groups is 1. The van der Waals surface area contributed by atoms with Crippen LogP contribution in [0.25, 0.3) is 0 Å². The zero-order chi connectivity index (χ0) is 24.5. The second kappa shape index (κ2) is 12.4. The van der Waals surface area contributed by atoms with Crippen molar-refractivity contribution in [2.24, 2.45) is 4.36 Å². The number of hydrogen-bond donors (Lipinski definition) is 4. The van der Waals surface area contributed by atoms with E-state index in [0.29, 0.717) is 24.0 Å². The fourth-order valence-electron chi connectivity index (χ4n) is 3.91. The maximum atomic E-state index is 10.7. The summed E-state index contributed by atoms with van der Waals surface area (Å²) in [6.45, 7) is -0.00345. The number of phenols is 1. The number of aliphatic carboxylic acids is 1. The first-order valence-corrected chi connectivity index (χ1v) is 12.0. The Morgan fingerprint density at radius 2 is 1.74 bits per heavy atom. The van der Waals surface area contributed by atoms with E-state index in [1.54, 1.807) is 12.1 Å². The minimum absolute atomic E-state index is 0.00330. The maximum Gasteiger partial charge on any atom is 0.341 e. The van der Waals surface area contributed by atoms with Gasteiger partial charge in [-0.1, -0.05) is 12.1 Å². The molecule has 2 aromatic carbocycles. The minimum Gasteiger partial charge on any atom is -0.506 e. The first-order valence-electron chi connectivity index (χ1n) is 10.9. The lowest BCUT2D eigenvalue weighted by molar-refractivity contribution is -0.139. The van der Waals surface area contributed by atoms with Gasteiger partial charge in [-0.2, -0.15) is 8.42 Å². The molecule has 0 saturated heterocycles. The third-order valence-electron chi connectivity index (χ3n) is 5.65. The summed E-state index contributed by atoms with van der Waals surface area (Å²) in [4.78, 5) is 10.6. The van der Waals surface area contributed by atoms with Gasteiger partial charge < -0.3 is 30.1 Å². The van der Waals surface area contributed by atoms with Crippen molar-refractivity contribution in [2.75, 3.05) is 19.8 Å². The second-order valence-electron chi connectivity index (χ2n) is 8.13. The minimum atomic E-state index is -2.70. The van der Waals surface area contributed by atoms with E-state index >= 15 is 0 Å². The van der Waals surface area contributed by atoms with Crippen LogP contribution in [0.5, 0.6) is 17.2 Å². The van der Waals surface area contributed by atoms with Crippen LogP contribution in [0, 0.1) is 0 Å². The molecule has 0 bridgehead atoms. The molecule has 10 nitrogen and oxygen atoms in total. The number of nitrogens with zero attached hydrogens (tertiary/aromatic N) is 1. The van der Waals surface area contributed by atoms with Crippen molar-refractivity contribution < 1.29 is 38.0 Å². The summed E-state index contributed by atoms with van der Waals surface area (Å²) < 4.78 is 35.3. The number of hydrogen-bond acceptors (Lipinski definition) is 9. The second-order valence-corrected chi connectivity index (χ2v) is 8.75. The van der Waals surface area contributed by atoms with Gasteiger partial charge in [-0.05, 0) is 61.4 Å². The fraction of sp³-hybridized carbons (Fsp3) is 0.435. The maximum absolute atomic E-state index is 10.7. The highest BCUT2D eigenvalue weighted by molar-refractivity contribution is 7.61. The van der Waals surface area contributed by atoms with E-state index in [0.717, 1.165) is 25.7 Å². The average Bonchev–Trinajstić information content (AvgIpc) is 2.82. The average molecular weight is 493 g/mol. The van der Waals surface area contributed by atoms with Crippen molar-refractivity contribution in [3.8, 4) is 17.2 Å². The van der Waals surface area contributed by atoms with Crippen LogP contribution in [-0.4, -0.2) is 61.6 Å². The van der Waals surface area contributed by atoms with Gasteiger partial charge >= 0.3 is 16.5 Å². The number of rotatable bonds is 11. The normalized spacial score (nSPS) is 18.6. The number of carboxylic acid groups (broad SMARTS) is 1. The van der Waals surface area contributed by atoms with Crippen LogP contribution in [0.15, 0.2) is 46.8 Å². The molecule has 184 valence electrons. The standard InChI is InChI=1S/C23H28N2O8S/c26-18(13-32-20-9-10-22(27)21(11-20)25-34(30)31)12-24-17-5-1-15(2-6-17)16-3-7-19(8-4-16)33-14-23(28)29/h3-4,7-11,15,17-18,24,26-27H,1-2,5-6,12-14H2,(H,28,29)/t15?,17?,18-/m0/s1. The van der Waals surface area contributed by atoms with Gasteiger partial charge in [0.2, 0.25) is 0 Å². The molecule has 0 aliphatic heterocycles. The zero-order valence-electron chi connectivity index (χ0n) is 18.5. The van der Waals surface area contributed by atoms with E-state index in [1.807, 2.05) is 12.1 Å². The van der Waals surface area contributed by atoms with Crippen molar-refractivity contribution in [2.45, 2.75) is 43.7 Å². The third kappa shape index (κ3) is 8.01. The monoisotopic (exact) mass is 492 g/mol. The molecular weight excluding hydrogens is 464 g/mol. The molecule has 1 aliphatic rings. The molecular formula is C23H28N2O8S. The number of phenolic OH excluding ortho intramolecular Hbond substituents is 1. The molecule has 4 N–H and O–H groups in total. The van der Waals surface area contributed by atoms with Gasteiger partial charge in [-0.25, -0.2) is 4.79 Å². The summed E-state index contributed by atoms with van der Waals surface area (Å²) in [6.07, 6.45) is 3.16. The number of carboxylic acids is 1. The highest BCUT2D eigenvalue weighted by Gasteiger charge is 2.23. The van der Waals surface area contributed by atoms with Crippen molar-refractivity contribution >= 4 is 22.2 Å². The lowest BCUT2D eigenvalue weighted by Crippen LogP contribution is -2.39. The lowest BCUT2D eigenvalue weighted by atomic mass is 9.81. The molecule has 11 heteroatoms. The number of nitrogens with one attached hydrogen (secondary N) is 1. The van der Waals surface area contributed by atoms with Crippen LogP contribution >= 0.6 is 0 Å². The van der Waals surface area contributed by atoms with Crippen LogP contribution in [0.3, 0.4) is 0 Å². The molecule has 0 heterocycles. The van der Waals surface area contributed by atoms with Crippen molar-refractivity contribution in [1.82, 2.24) is 5.32 Å². The molecule has 34 heavy (non-hydrogen) atoms. The van der Waals surface area contributed by atoms with E-state index in [2.05, 4.69) is 9.68 Å². The van der Waals surface area contributed by atoms with E-state index in [9.17, 15) is 23.4 Å². The SMILES string of the molecule is O=C(O)COc1ccc(C2CCC(NC[C@H](O)COc3ccc(O)c(N=S(=O)=O)c3)CC2)cc1. The van der Waals surface area contributed by atoms with Crippen LogP contribution in [0.4, 0.5) is 5.69 Å². The smallest absolute Gasteiger partial charge is 0.341 e. The number of carbonyl (C=O) groups is 1. The summed E-state index contributed by atoms with van der Waals surface area (Å²) in [7, 11) is -2.70. The summed E-state index contributed by atoms with van der Waals surface area (Å²) in [5, 5.41) is 31.9. The molecule has 0 radical (unpaired) electrons.